The summed E-state index contributed by atoms with van der Waals surface area (Å²) < 4.78 is 0. The monoisotopic (exact) mass is 423 g/mol. The van der Waals surface area contributed by atoms with Crippen LogP contribution in [-0.4, -0.2) is 88.3 Å². The predicted molar refractivity (Wildman–Crippen MR) is 104 cm³/mol. The van der Waals surface area contributed by atoms with Gasteiger partial charge in [0.1, 0.15) is 18.1 Å². The number of nitrogens with one attached hydrogen (secondary N) is 2. The average molecular weight is 423 g/mol. The lowest BCUT2D eigenvalue weighted by molar-refractivity contribution is -0.150. The van der Waals surface area contributed by atoms with Crippen molar-refractivity contribution in [2.75, 3.05) is 19.6 Å². The van der Waals surface area contributed by atoms with Crippen LogP contribution < -0.4 is 16.4 Å². The molecule has 11 heteroatoms. The Morgan fingerprint density at radius 2 is 1.67 bits per heavy atom. The average Bonchev–Trinajstić information content (AvgIpc) is 3.46. The normalized spacial score (nSPS) is 27.1. The van der Waals surface area contributed by atoms with Gasteiger partial charge in [0.05, 0.1) is 12.5 Å². The SMILES string of the molecule is NC(=O)CC(NC(=O)C1CCCN1C(=O)C1CCCN1)C(=O)N1CCCC1C(=O)O. The fourth-order valence-electron chi connectivity index (χ4n) is 4.56. The number of carbonyl (C=O) groups is 5. The zero-order valence-corrected chi connectivity index (χ0v) is 16.8. The van der Waals surface area contributed by atoms with Gasteiger partial charge in [-0.1, -0.05) is 0 Å². The minimum Gasteiger partial charge on any atom is -0.480 e. The van der Waals surface area contributed by atoms with E-state index in [-0.39, 0.29) is 18.5 Å². The first kappa shape index (κ1) is 22.0. The summed E-state index contributed by atoms with van der Waals surface area (Å²) >= 11 is 0. The molecule has 5 N–H and O–H groups in total. The number of hydrogen-bond acceptors (Lipinski definition) is 6. The Kier molecular flexibility index (Phi) is 6.91. The molecule has 0 spiro atoms. The van der Waals surface area contributed by atoms with Crippen LogP contribution in [0.3, 0.4) is 0 Å². The molecule has 0 aromatic carbocycles. The van der Waals surface area contributed by atoms with Crippen LogP contribution in [0.5, 0.6) is 0 Å². The zero-order chi connectivity index (χ0) is 21.8. The van der Waals surface area contributed by atoms with Crippen LogP contribution in [0.2, 0.25) is 0 Å². The molecule has 30 heavy (non-hydrogen) atoms. The molecular formula is C19H29N5O6. The molecule has 3 aliphatic rings. The topological polar surface area (TPSA) is 162 Å². The third-order valence-corrected chi connectivity index (χ3v) is 6.04. The minimum atomic E-state index is -1.25. The van der Waals surface area contributed by atoms with Crippen LogP contribution in [0.4, 0.5) is 0 Å². The largest absolute Gasteiger partial charge is 0.480 e. The molecule has 0 radical (unpaired) electrons. The molecule has 0 aliphatic carbocycles. The van der Waals surface area contributed by atoms with Gasteiger partial charge < -0.3 is 31.3 Å². The van der Waals surface area contributed by atoms with Crippen molar-refractivity contribution < 1.29 is 29.1 Å². The Hall–Kier alpha value is -2.69. The van der Waals surface area contributed by atoms with Crippen molar-refractivity contribution in [3.8, 4) is 0 Å². The highest BCUT2D eigenvalue weighted by Gasteiger charge is 2.41. The molecule has 3 heterocycles. The quantitative estimate of drug-likeness (QED) is 0.374. The van der Waals surface area contributed by atoms with E-state index >= 15 is 0 Å². The Bertz CT molecular complexity index is 722. The fourth-order valence-corrected chi connectivity index (χ4v) is 4.56. The van der Waals surface area contributed by atoms with Crippen molar-refractivity contribution in [3.63, 3.8) is 0 Å². The summed E-state index contributed by atoms with van der Waals surface area (Å²) in [5.74, 6) is -3.20. The molecule has 3 rings (SSSR count). The maximum atomic E-state index is 12.9. The van der Waals surface area contributed by atoms with Crippen molar-refractivity contribution in [2.45, 2.75) is 69.1 Å². The van der Waals surface area contributed by atoms with E-state index in [0.29, 0.717) is 32.2 Å². The highest BCUT2D eigenvalue weighted by Crippen LogP contribution is 2.22. The van der Waals surface area contributed by atoms with Crippen molar-refractivity contribution in [2.24, 2.45) is 5.73 Å². The number of carboxylic acid groups (broad SMARTS) is 1. The smallest absolute Gasteiger partial charge is 0.326 e. The second kappa shape index (κ2) is 9.41. The highest BCUT2D eigenvalue weighted by molar-refractivity contribution is 5.96. The number of nitrogens with zero attached hydrogens (tertiary/aromatic N) is 2. The van der Waals surface area contributed by atoms with Crippen molar-refractivity contribution in [3.05, 3.63) is 0 Å². The van der Waals surface area contributed by atoms with Gasteiger partial charge in [-0.25, -0.2) is 4.79 Å². The number of nitrogens with two attached hydrogens (primary N) is 1. The number of primary amides is 1. The molecule has 4 unspecified atom stereocenters. The van der Waals surface area contributed by atoms with Crippen LogP contribution in [-0.2, 0) is 24.0 Å². The lowest BCUT2D eigenvalue weighted by Gasteiger charge is -2.30. The molecule has 166 valence electrons. The van der Waals surface area contributed by atoms with E-state index in [2.05, 4.69) is 10.6 Å². The first-order chi connectivity index (χ1) is 14.3. The molecule has 3 aliphatic heterocycles. The van der Waals surface area contributed by atoms with E-state index in [4.69, 9.17) is 5.73 Å². The summed E-state index contributed by atoms with van der Waals surface area (Å²) in [5, 5.41) is 15.0. The number of rotatable bonds is 7. The predicted octanol–water partition coefficient (Wildman–Crippen LogP) is -1.83. The summed E-state index contributed by atoms with van der Waals surface area (Å²) in [6, 6.07) is -3.26. The summed E-state index contributed by atoms with van der Waals surface area (Å²) in [6.07, 6.45) is 3.16. The lowest BCUT2D eigenvalue weighted by atomic mass is 10.1. The maximum Gasteiger partial charge on any atom is 0.326 e. The first-order valence-corrected chi connectivity index (χ1v) is 10.5. The second-order valence-electron chi connectivity index (χ2n) is 8.10. The van der Waals surface area contributed by atoms with Gasteiger partial charge in [-0.2, -0.15) is 0 Å². The molecule has 4 atom stereocenters. The number of carbonyl (C=O) groups excluding carboxylic acids is 4. The molecular weight excluding hydrogens is 394 g/mol. The first-order valence-electron chi connectivity index (χ1n) is 10.5. The van der Waals surface area contributed by atoms with E-state index in [1.807, 2.05) is 0 Å². The summed E-state index contributed by atoms with van der Waals surface area (Å²) in [6.45, 7) is 1.45. The van der Waals surface area contributed by atoms with Crippen LogP contribution >= 0.6 is 0 Å². The van der Waals surface area contributed by atoms with Gasteiger partial charge in [0.25, 0.3) is 0 Å². The zero-order valence-electron chi connectivity index (χ0n) is 16.8. The molecule has 4 amide bonds. The summed E-state index contributed by atoms with van der Waals surface area (Å²) in [5.41, 5.74) is 5.26. The maximum absolute atomic E-state index is 12.9. The van der Waals surface area contributed by atoms with Gasteiger partial charge in [-0.05, 0) is 45.1 Å². The van der Waals surface area contributed by atoms with Gasteiger partial charge in [-0.15, -0.1) is 0 Å². The third-order valence-electron chi connectivity index (χ3n) is 6.04. The number of aliphatic carboxylic acids is 1. The van der Waals surface area contributed by atoms with Gasteiger partial charge in [0.2, 0.25) is 23.6 Å². The van der Waals surface area contributed by atoms with E-state index in [0.717, 1.165) is 19.4 Å². The standard InChI is InChI=1S/C19H29N5O6/c20-15(25)10-12(18(28)24-9-3-6-14(24)19(29)30)22-16(26)13-5-2-8-23(13)17(27)11-4-1-7-21-11/h11-14,21H,1-10H2,(H2,20,25)(H,22,26)(H,29,30). The van der Waals surface area contributed by atoms with Crippen LogP contribution in [0.15, 0.2) is 0 Å². The number of carboxylic acids is 1. The van der Waals surface area contributed by atoms with Crippen LogP contribution in [0.1, 0.15) is 44.9 Å². The van der Waals surface area contributed by atoms with Gasteiger partial charge in [0, 0.05) is 13.1 Å². The van der Waals surface area contributed by atoms with Crippen LogP contribution in [0, 0.1) is 0 Å². The van der Waals surface area contributed by atoms with Crippen molar-refractivity contribution in [1.29, 1.82) is 0 Å². The molecule has 0 aromatic rings. The van der Waals surface area contributed by atoms with Gasteiger partial charge in [-0.3, -0.25) is 19.2 Å². The van der Waals surface area contributed by atoms with E-state index in [1.165, 1.54) is 9.80 Å². The number of amides is 4. The second-order valence-corrected chi connectivity index (χ2v) is 8.10. The highest BCUT2D eigenvalue weighted by atomic mass is 16.4. The lowest BCUT2D eigenvalue weighted by Crippen LogP contribution is -2.57. The van der Waals surface area contributed by atoms with E-state index in [1.54, 1.807) is 0 Å². The molecule has 0 aromatic heterocycles. The van der Waals surface area contributed by atoms with Gasteiger partial charge >= 0.3 is 5.97 Å². The molecule has 0 bridgehead atoms. The molecule has 0 saturated carbocycles. The van der Waals surface area contributed by atoms with Gasteiger partial charge in [0.15, 0.2) is 0 Å². The van der Waals surface area contributed by atoms with Crippen molar-refractivity contribution >= 4 is 29.6 Å². The fraction of sp³-hybridized carbons (Fsp3) is 0.737. The number of likely N-dealkylation sites (tertiary alicyclic amines) is 2. The van der Waals surface area contributed by atoms with E-state index < -0.39 is 48.2 Å². The van der Waals surface area contributed by atoms with Crippen LogP contribution in [0.25, 0.3) is 0 Å². The Balaban J connectivity index is 1.70. The summed E-state index contributed by atoms with van der Waals surface area (Å²) in [7, 11) is 0. The molecule has 3 fully saturated rings. The van der Waals surface area contributed by atoms with E-state index in [9.17, 15) is 29.1 Å². The molecule has 11 nitrogen and oxygen atoms in total. The minimum absolute atomic E-state index is 0.131. The summed E-state index contributed by atoms with van der Waals surface area (Å²) in [4.78, 5) is 64.2. The third kappa shape index (κ3) is 4.72. The Morgan fingerprint density at radius 1 is 1.00 bits per heavy atom. The Labute approximate surface area is 174 Å². The van der Waals surface area contributed by atoms with Crippen molar-refractivity contribution in [1.82, 2.24) is 20.4 Å². The Morgan fingerprint density at radius 3 is 2.27 bits per heavy atom. The number of hydrogen-bond donors (Lipinski definition) is 4. The molecule has 3 saturated heterocycles.